The number of hydrogen-bond acceptors (Lipinski definition) is 8. The SMILES string of the molecule is CCCOC(CCC)C1CCN(Nc2nc(NC3CCC(N)CC3)nc3c2ncn3C2CCCC2)CC1. The van der Waals surface area contributed by atoms with E-state index in [2.05, 4.69) is 34.2 Å². The molecule has 3 heterocycles. The van der Waals surface area contributed by atoms with E-state index in [9.17, 15) is 0 Å². The van der Waals surface area contributed by atoms with Gasteiger partial charge in [-0.1, -0.05) is 33.1 Å². The average Bonchev–Trinajstić information content (AvgIpc) is 3.59. The van der Waals surface area contributed by atoms with Crippen molar-refractivity contribution in [3.8, 4) is 0 Å². The summed E-state index contributed by atoms with van der Waals surface area (Å²) < 4.78 is 8.54. The van der Waals surface area contributed by atoms with E-state index in [1.54, 1.807) is 0 Å². The van der Waals surface area contributed by atoms with Crippen molar-refractivity contribution in [3.63, 3.8) is 0 Å². The first-order valence-electron chi connectivity index (χ1n) is 15.0. The smallest absolute Gasteiger partial charge is 0.227 e. The number of nitrogens with zero attached hydrogens (tertiary/aromatic N) is 5. The number of nitrogens with one attached hydrogen (secondary N) is 2. The van der Waals surface area contributed by atoms with E-state index in [-0.39, 0.29) is 0 Å². The van der Waals surface area contributed by atoms with Gasteiger partial charge in [-0.2, -0.15) is 9.97 Å². The minimum Gasteiger partial charge on any atom is -0.378 e. The van der Waals surface area contributed by atoms with Gasteiger partial charge in [-0.25, -0.2) is 9.99 Å². The molecule has 4 N–H and O–H groups in total. The number of ether oxygens (including phenoxy) is 1. The number of fused-ring (bicyclic) bond motifs is 1. The van der Waals surface area contributed by atoms with E-state index >= 15 is 0 Å². The molecule has 3 fully saturated rings. The Morgan fingerprint density at radius 1 is 1.00 bits per heavy atom. The van der Waals surface area contributed by atoms with Gasteiger partial charge in [0.1, 0.15) is 0 Å². The van der Waals surface area contributed by atoms with Crippen LogP contribution in [0.2, 0.25) is 0 Å². The van der Waals surface area contributed by atoms with Crippen LogP contribution in [0.25, 0.3) is 11.2 Å². The largest absolute Gasteiger partial charge is 0.378 e. The van der Waals surface area contributed by atoms with Gasteiger partial charge in [0.05, 0.1) is 12.4 Å². The van der Waals surface area contributed by atoms with Crippen molar-refractivity contribution in [1.82, 2.24) is 24.5 Å². The summed E-state index contributed by atoms with van der Waals surface area (Å²) in [6.07, 6.45) is 17.3. The van der Waals surface area contributed by atoms with Gasteiger partial charge in [-0.15, -0.1) is 0 Å². The van der Waals surface area contributed by atoms with Gasteiger partial charge in [-0.05, 0) is 70.1 Å². The highest BCUT2D eigenvalue weighted by molar-refractivity contribution is 5.84. The van der Waals surface area contributed by atoms with Crippen LogP contribution in [0, 0.1) is 5.92 Å². The Hall–Kier alpha value is -1.97. The van der Waals surface area contributed by atoms with Crippen LogP contribution < -0.4 is 16.5 Å². The molecule has 2 aliphatic carbocycles. The van der Waals surface area contributed by atoms with Gasteiger partial charge < -0.3 is 25.8 Å². The standard InChI is InChI=1S/C28H48N8O/c1-3-7-24(37-18-4-2)20-14-16-35(17-15-20)34-26-25-27(36(19-30-25)23-8-5-6-9-23)33-28(32-26)31-22-12-10-21(29)11-13-22/h19-24H,3-18,29H2,1-2H3,(H2,31,32,33,34). The summed E-state index contributed by atoms with van der Waals surface area (Å²) >= 11 is 0. The number of imidazole rings is 1. The first-order valence-corrected chi connectivity index (χ1v) is 15.0. The molecule has 5 rings (SSSR count). The van der Waals surface area contributed by atoms with Crippen LogP contribution in [-0.2, 0) is 4.74 Å². The fraction of sp³-hybridized carbons (Fsp3) is 0.821. The second-order valence-electron chi connectivity index (χ2n) is 11.5. The van der Waals surface area contributed by atoms with Crippen molar-refractivity contribution in [2.24, 2.45) is 11.7 Å². The zero-order valence-corrected chi connectivity index (χ0v) is 23.0. The first-order chi connectivity index (χ1) is 18.1. The molecular formula is C28H48N8O. The molecule has 1 saturated heterocycles. The third kappa shape index (κ3) is 6.55. The van der Waals surface area contributed by atoms with Crippen LogP contribution in [0.5, 0.6) is 0 Å². The molecular weight excluding hydrogens is 464 g/mol. The van der Waals surface area contributed by atoms with Crippen molar-refractivity contribution >= 4 is 22.9 Å². The molecule has 0 radical (unpaired) electrons. The summed E-state index contributed by atoms with van der Waals surface area (Å²) in [5.41, 5.74) is 11.6. The maximum absolute atomic E-state index is 6.24. The average molecular weight is 513 g/mol. The first kappa shape index (κ1) is 26.6. The number of rotatable bonds is 11. The van der Waals surface area contributed by atoms with Crippen LogP contribution in [0.3, 0.4) is 0 Å². The highest BCUT2D eigenvalue weighted by atomic mass is 16.5. The fourth-order valence-corrected chi connectivity index (χ4v) is 6.50. The number of aromatic nitrogens is 4. The van der Waals surface area contributed by atoms with Crippen LogP contribution in [0.15, 0.2) is 6.33 Å². The summed E-state index contributed by atoms with van der Waals surface area (Å²) in [6, 6.07) is 1.19. The number of anilines is 2. The molecule has 206 valence electrons. The molecule has 9 heteroatoms. The van der Waals surface area contributed by atoms with Crippen LogP contribution in [-0.4, -0.2) is 62.4 Å². The summed E-state index contributed by atoms with van der Waals surface area (Å²) in [5.74, 6) is 2.16. The molecule has 0 spiro atoms. The topological polar surface area (TPSA) is 106 Å². The molecule has 0 bridgehead atoms. The van der Waals surface area contributed by atoms with E-state index in [0.29, 0.717) is 36.1 Å². The van der Waals surface area contributed by atoms with Gasteiger partial charge in [0, 0.05) is 37.8 Å². The van der Waals surface area contributed by atoms with Crippen molar-refractivity contribution in [3.05, 3.63) is 6.33 Å². The molecule has 37 heavy (non-hydrogen) atoms. The monoisotopic (exact) mass is 512 g/mol. The Labute approximate surface area is 222 Å². The zero-order valence-electron chi connectivity index (χ0n) is 23.0. The molecule has 0 aromatic carbocycles. The van der Waals surface area contributed by atoms with Gasteiger partial charge in [0.25, 0.3) is 0 Å². The van der Waals surface area contributed by atoms with E-state index in [1.807, 2.05) is 6.33 Å². The van der Waals surface area contributed by atoms with Crippen LogP contribution in [0.1, 0.15) is 103 Å². The summed E-state index contributed by atoms with van der Waals surface area (Å²) in [5, 5.41) is 5.96. The highest BCUT2D eigenvalue weighted by Crippen LogP contribution is 2.34. The predicted octanol–water partition coefficient (Wildman–Crippen LogP) is 5.26. The molecule has 9 nitrogen and oxygen atoms in total. The highest BCUT2D eigenvalue weighted by Gasteiger charge is 2.28. The Bertz CT molecular complexity index is 974. The lowest BCUT2D eigenvalue weighted by molar-refractivity contribution is -0.0121. The van der Waals surface area contributed by atoms with Crippen molar-refractivity contribution in [2.45, 2.75) is 122 Å². The normalized spacial score (nSPS) is 25.1. The van der Waals surface area contributed by atoms with Crippen LogP contribution in [0.4, 0.5) is 11.8 Å². The van der Waals surface area contributed by atoms with Crippen molar-refractivity contribution in [2.75, 3.05) is 30.4 Å². The van der Waals surface area contributed by atoms with E-state index < -0.39 is 0 Å². The second-order valence-corrected chi connectivity index (χ2v) is 11.5. The van der Waals surface area contributed by atoms with E-state index in [1.165, 1.54) is 32.1 Å². The van der Waals surface area contributed by atoms with E-state index in [0.717, 1.165) is 88.0 Å². The lowest BCUT2D eigenvalue weighted by Gasteiger charge is -2.36. The minimum atomic E-state index is 0.328. The van der Waals surface area contributed by atoms with Crippen molar-refractivity contribution < 1.29 is 4.74 Å². The molecule has 0 amide bonds. The second kappa shape index (κ2) is 12.7. The zero-order chi connectivity index (χ0) is 25.6. The predicted molar refractivity (Wildman–Crippen MR) is 150 cm³/mol. The van der Waals surface area contributed by atoms with Crippen molar-refractivity contribution in [1.29, 1.82) is 0 Å². The Morgan fingerprint density at radius 3 is 2.46 bits per heavy atom. The minimum absolute atomic E-state index is 0.328. The number of piperidine rings is 1. The third-order valence-corrected chi connectivity index (χ3v) is 8.68. The van der Waals surface area contributed by atoms with Gasteiger partial charge in [0.2, 0.25) is 5.95 Å². The number of nitrogens with two attached hydrogens (primary N) is 1. The summed E-state index contributed by atoms with van der Waals surface area (Å²) in [7, 11) is 0. The molecule has 3 aliphatic rings. The van der Waals surface area contributed by atoms with Gasteiger partial charge in [-0.3, -0.25) is 0 Å². The van der Waals surface area contributed by atoms with Gasteiger partial charge in [0.15, 0.2) is 17.0 Å². The lowest BCUT2D eigenvalue weighted by atomic mass is 9.89. The quantitative estimate of drug-likeness (QED) is 0.374. The third-order valence-electron chi connectivity index (χ3n) is 8.68. The van der Waals surface area contributed by atoms with E-state index in [4.69, 9.17) is 25.4 Å². The lowest BCUT2D eigenvalue weighted by Crippen LogP contribution is -2.42. The maximum atomic E-state index is 6.24. The molecule has 2 saturated carbocycles. The fourth-order valence-electron chi connectivity index (χ4n) is 6.50. The Kier molecular flexibility index (Phi) is 9.15. The Morgan fingerprint density at radius 2 is 1.76 bits per heavy atom. The summed E-state index contributed by atoms with van der Waals surface area (Å²) in [4.78, 5) is 14.8. The Balaban J connectivity index is 1.31. The molecule has 1 unspecified atom stereocenters. The molecule has 1 aliphatic heterocycles. The number of hydrogen-bond donors (Lipinski definition) is 3. The van der Waals surface area contributed by atoms with Gasteiger partial charge >= 0.3 is 0 Å². The molecule has 2 aromatic heterocycles. The number of hydrazine groups is 1. The van der Waals surface area contributed by atoms with Crippen LogP contribution >= 0.6 is 0 Å². The maximum Gasteiger partial charge on any atom is 0.227 e. The molecule has 1 atom stereocenters. The summed E-state index contributed by atoms with van der Waals surface area (Å²) in [6.45, 7) is 7.29. The molecule has 2 aromatic rings.